The molecule has 2 unspecified atom stereocenters. The lowest BCUT2D eigenvalue weighted by Gasteiger charge is -2.13. The third-order valence-electron chi connectivity index (χ3n) is 4.73. The minimum atomic E-state index is -1.94. The van der Waals surface area contributed by atoms with Gasteiger partial charge in [-0.25, -0.2) is 13.9 Å². The summed E-state index contributed by atoms with van der Waals surface area (Å²) in [6.45, 7) is 3.88. The summed E-state index contributed by atoms with van der Waals surface area (Å²) in [5.41, 5.74) is 12.3. The van der Waals surface area contributed by atoms with Crippen molar-refractivity contribution < 1.29 is 23.1 Å². The molecular formula is C22H28N5O5PS2. The van der Waals surface area contributed by atoms with Crippen molar-refractivity contribution in [2.75, 3.05) is 32.6 Å². The van der Waals surface area contributed by atoms with Crippen LogP contribution < -0.4 is 30.2 Å². The molecule has 0 aliphatic carbocycles. The fourth-order valence-electron chi connectivity index (χ4n) is 2.97. The molecule has 0 spiro atoms. The number of benzene rings is 1. The van der Waals surface area contributed by atoms with E-state index in [1.165, 1.54) is 23.6 Å². The van der Waals surface area contributed by atoms with Gasteiger partial charge in [0.2, 0.25) is 8.38 Å². The third-order valence-corrected chi connectivity index (χ3v) is 8.60. The van der Waals surface area contributed by atoms with E-state index in [2.05, 4.69) is 9.71 Å². The maximum absolute atomic E-state index is 13.0. The molecule has 10 nitrogen and oxygen atoms in total. The van der Waals surface area contributed by atoms with Crippen LogP contribution in [-0.4, -0.2) is 46.7 Å². The molecule has 1 aromatic carbocycles. The number of aryl methyl sites for hydroxylation is 1. The molecule has 6 N–H and O–H groups in total. The first-order valence-electron chi connectivity index (χ1n) is 10.9. The van der Waals surface area contributed by atoms with Crippen LogP contribution in [0.25, 0.3) is 10.1 Å². The van der Waals surface area contributed by atoms with Crippen LogP contribution in [0.3, 0.4) is 0 Å². The van der Waals surface area contributed by atoms with Crippen LogP contribution in [0.15, 0.2) is 34.7 Å². The number of hydrogen-bond donors (Lipinski definition) is 4. The Kier molecular flexibility index (Phi) is 10.6. The van der Waals surface area contributed by atoms with Gasteiger partial charge in [0.15, 0.2) is 11.5 Å². The molecule has 13 heteroatoms. The summed E-state index contributed by atoms with van der Waals surface area (Å²) in [6.07, 6.45) is 2.77. The summed E-state index contributed by atoms with van der Waals surface area (Å²) >= 11 is 1.38. The van der Waals surface area contributed by atoms with Gasteiger partial charge in [-0.3, -0.25) is 0 Å². The molecule has 3 rings (SSSR count). The number of hydrogen-bond acceptors (Lipinski definition) is 10. The quantitative estimate of drug-likeness (QED) is 0.179. The molecule has 0 saturated carbocycles. The number of aromatic nitrogens is 1. The van der Waals surface area contributed by atoms with Crippen LogP contribution in [0.4, 0.5) is 0 Å². The number of fused-ring (bicyclic) bond motifs is 1. The normalized spacial score (nSPS) is 12.8. The Labute approximate surface area is 211 Å². The lowest BCUT2D eigenvalue weighted by atomic mass is 10.2. The van der Waals surface area contributed by atoms with Crippen LogP contribution in [0, 0.1) is 18.3 Å². The Morgan fingerprint density at radius 3 is 2.49 bits per heavy atom. The average molecular weight is 538 g/mol. The van der Waals surface area contributed by atoms with Crippen molar-refractivity contribution in [1.82, 2.24) is 9.71 Å². The Bertz CT molecular complexity index is 1190. The van der Waals surface area contributed by atoms with E-state index in [1.807, 2.05) is 25.1 Å². The van der Waals surface area contributed by atoms with Crippen LogP contribution in [0.1, 0.15) is 24.1 Å². The summed E-state index contributed by atoms with van der Waals surface area (Å²) in [5.74, 6) is 1.54. The van der Waals surface area contributed by atoms with Crippen molar-refractivity contribution in [3.63, 3.8) is 0 Å². The number of thiophene rings is 1. The first kappa shape index (κ1) is 27.2. The van der Waals surface area contributed by atoms with E-state index in [9.17, 15) is 9.10 Å². The third kappa shape index (κ3) is 7.56. The molecule has 0 radical (unpaired) electrons. The van der Waals surface area contributed by atoms with Crippen molar-refractivity contribution in [3.05, 3.63) is 41.7 Å². The van der Waals surface area contributed by atoms with Crippen molar-refractivity contribution in [2.45, 2.75) is 24.0 Å². The maximum Gasteiger partial charge on any atom is 0.243 e. The Morgan fingerprint density at radius 2 is 1.89 bits per heavy atom. The van der Waals surface area contributed by atoms with Crippen LogP contribution in [-0.2, 0) is 11.0 Å². The van der Waals surface area contributed by atoms with Gasteiger partial charge >= 0.3 is 0 Å². The highest BCUT2D eigenvalue weighted by molar-refractivity contribution is 7.86. The summed E-state index contributed by atoms with van der Waals surface area (Å²) < 4.78 is 34.6. The molecule has 0 aliphatic rings. The Hall–Kier alpha value is -2.36. The van der Waals surface area contributed by atoms with Crippen LogP contribution in [0.2, 0.25) is 0 Å². The van der Waals surface area contributed by atoms with E-state index >= 15 is 0 Å². The van der Waals surface area contributed by atoms with Gasteiger partial charge in [-0.05, 0) is 56.6 Å². The number of nitriles is 1. The second-order valence-corrected chi connectivity index (χ2v) is 11.0. The molecule has 0 bridgehead atoms. The monoisotopic (exact) mass is 537 g/mol. The van der Waals surface area contributed by atoms with Crippen LogP contribution >= 0.6 is 19.7 Å². The van der Waals surface area contributed by atoms with Gasteiger partial charge in [-0.2, -0.15) is 5.26 Å². The fourth-order valence-corrected chi connectivity index (χ4v) is 6.52. The standard InChI is InChI=1S/C22H28N5O5PS2/c1-15-18-10-19(30-8-2-6-23)20(31-9-3-7-24)11-21(18)34-22(15)35(29)27-14-33(28)32-17-5-4-16(12-25)26-13-17/h4-5,10-11,13,27-28H,2-3,6-9,14,23-24H2,1H3. The number of nitrogens with two attached hydrogens (primary N) is 2. The Morgan fingerprint density at radius 1 is 1.20 bits per heavy atom. The topological polar surface area (TPSA) is 166 Å². The van der Waals surface area contributed by atoms with Crippen LogP contribution in [0.5, 0.6) is 17.2 Å². The summed E-state index contributed by atoms with van der Waals surface area (Å²) in [7, 11) is -3.50. The number of nitrogens with zero attached hydrogens (tertiary/aromatic N) is 2. The largest absolute Gasteiger partial charge is 0.490 e. The number of ether oxygens (including phenoxy) is 2. The fraction of sp³-hybridized carbons (Fsp3) is 0.364. The summed E-state index contributed by atoms with van der Waals surface area (Å²) in [4.78, 5) is 14.1. The molecule has 3 aromatic rings. The SMILES string of the molecule is Cc1c(S(=O)NCP(O)Oc2ccc(C#N)nc2)sc2cc(OCCCN)c(OCCCN)cc12. The highest BCUT2D eigenvalue weighted by Gasteiger charge is 2.19. The summed E-state index contributed by atoms with van der Waals surface area (Å²) in [6, 6.07) is 8.74. The predicted molar refractivity (Wildman–Crippen MR) is 138 cm³/mol. The first-order valence-corrected chi connectivity index (χ1v) is 14.2. The maximum atomic E-state index is 13.0. The van der Waals surface area contributed by atoms with Crippen molar-refractivity contribution in [1.29, 1.82) is 5.26 Å². The Balaban J connectivity index is 1.71. The summed E-state index contributed by atoms with van der Waals surface area (Å²) in [5, 5.41) is 9.72. The zero-order valence-electron chi connectivity index (χ0n) is 19.2. The van der Waals surface area contributed by atoms with Gasteiger partial charge in [0, 0.05) is 16.2 Å². The molecule has 2 heterocycles. The molecule has 0 saturated heterocycles. The number of nitrogens with one attached hydrogen (secondary N) is 1. The zero-order chi connectivity index (χ0) is 25.2. The zero-order valence-corrected chi connectivity index (χ0v) is 21.8. The number of pyridine rings is 1. The van der Waals surface area contributed by atoms with Gasteiger partial charge in [0.05, 0.1) is 25.7 Å². The van der Waals surface area contributed by atoms with Gasteiger partial charge in [-0.1, -0.05) is 0 Å². The number of rotatable bonds is 14. The molecule has 0 aliphatic heterocycles. The minimum absolute atomic E-state index is 0.0173. The minimum Gasteiger partial charge on any atom is -0.490 e. The van der Waals surface area contributed by atoms with E-state index in [4.69, 9.17) is 30.7 Å². The molecule has 2 atom stereocenters. The van der Waals surface area contributed by atoms with Crippen molar-refractivity contribution in [3.8, 4) is 23.3 Å². The van der Waals surface area contributed by atoms with E-state index in [0.717, 1.165) is 15.6 Å². The predicted octanol–water partition coefficient (Wildman–Crippen LogP) is 2.88. The van der Waals surface area contributed by atoms with Gasteiger partial charge in [-0.15, -0.1) is 11.3 Å². The van der Waals surface area contributed by atoms with E-state index in [-0.39, 0.29) is 12.0 Å². The average Bonchev–Trinajstić information content (AvgIpc) is 3.18. The van der Waals surface area contributed by atoms with E-state index < -0.39 is 19.4 Å². The first-order chi connectivity index (χ1) is 17.0. The van der Waals surface area contributed by atoms with Gasteiger partial charge in [0.25, 0.3) is 0 Å². The lowest BCUT2D eigenvalue weighted by Crippen LogP contribution is -2.18. The highest BCUT2D eigenvalue weighted by atomic mass is 32.2. The van der Waals surface area contributed by atoms with E-state index in [1.54, 1.807) is 6.07 Å². The van der Waals surface area contributed by atoms with Crippen molar-refractivity contribution >= 4 is 40.8 Å². The molecule has 35 heavy (non-hydrogen) atoms. The van der Waals surface area contributed by atoms with Crippen molar-refractivity contribution in [2.24, 2.45) is 11.5 Å². The lowest BCUT2D eigenvalue weighted by molar-refractivity contribution is 0.266. The molecule has 188 valence electrons. The van der Waals surface area contributed by atoms with E-state index in [0.29, 0.717) is 60.6 Å². The highest BCUT2D eigenvalue weighted by Crippen LogP contribution is 2.41. The van der Waals surface area contributed by atoms with Gasteiger partial charge < -0.3 is 30.4 Å². The molecule has 2 aromatic heterocycles. The second-order valence-electron chi connectivity index (χ2n) is 7.30. The molecule has 0 amide bonds. The molecule has 0 fully saturated rings. The smallest absolute Gasteiger partial charge is 0.243 e. The van der Waals surface area contributed by atoms with Gasteiger partial charge in [0.1, 0.15) is 32.7 Å². The second kappa shape index (κ2) is 13.7. The molecular weight excluding hydrogens is 509 g/mol.